The number of fused-ring (bicyclic) bond motifs is 2. The lowest BCUT2D eigenvalue weighted by Gasteiger charge is -2.16. The van der Waals surface area contributed by atoms with Crippen LogP contribution in [0.5, 0.6) is 5.75 Å². The first-order valence-electron chi connectivity index (χ1n) is 10.2. The number of rotatable bonds is 5. The van der Waals surface area contributed by atoms with Crippen molar-refractivity contribution in [2.75, 3.05) is 24.3 Å². The van der Waals surface area contributed by atoms with Crippen molar-refractivity contribution in [3.63, 3.8) is 0 Å². The van der Waals surface area contributed by atoms with Crippen LogP contribution in [0.15, 0.2) is 55.0 Å². The summed E-state index contributed by atoms with van der Waals surface area (Å²) in [5, 5.41) is 11.4. The van der Waals surface area contributed by atoms with Gasteiger partial charge in [-0.15, -0.1) is 0 Å². The summed E-state index contributed by atoms with van der Waals surface area (Å²) >= 11 is 0. The van der Waals surface area contributed by atoms with Crippen molar-refractivity contribution in [3.8, 4) is 5.75 Å². The third-order valence-corrected chi connectivity index (χ3v) is 5.49. The number of carbonyl (C=O) groups excluding carboxylic acids is 1. The molecule has 3 heterocycles. The van der Waals surface area contributed by atoms with Gasteiger partial charge in [-0.05, 0) is 49.7 Å². The van der Waals surface area contributed by atoms with Gasteiger partial charge in [0.2, 0.25) is 5.91 Å². The number of aromatic nitrogens is 3. The number of hydrogen-bond donors (Lipinski definition) is 3. The van der Waals surface area contributed by atoms with E-state index >= 15 is 0 Å². The molecule has 0 radical (unpaired) electrons. The van der Waals surface area contributed by atoms with Gasteiger partial charge in [0.25, 0.3) is 0 Å². The molecule has 8 nitrogen and oxygen atoms in total. The lowest BCUT2D eigenvalue weighted by atomic mass is 10.1. The molecule has 2 aromatic heterocycles. The topological polar surface area (TPSA) is 101 Å². The number of pyridine rings is 1. The molecule has 1 saturated heterocycles. The molecule has 1 amide bonds. The third kappa shape index (κ3) is 3.73. The van der Waals surface area contributed by atoms with E-state index in [2.05, 4.69) is 30.9 Å². The molecule has 1 aliphatic heterocycles. The molecule has 2 aromatic carbocycles. The molecule has 0 bridgehead atoms. The summed E-state index contributed by atoms with van der Waals surface area (Å²) in [6, 6.07) is 13.3. The third-order valence-electron chi connectivity index (χ3n) is 5.49. The number of nitrogens with one attached hydrogen (secondary N) is 3. The van der Waals surface area contributed by atoms with Crippen LogP contribution >= 0.6 is 0 Å². The van der Waals surface area contributed by atoms with E-state index in [1.165, 1.54) is 6.33 Å². The Kier molecular flexibility index (Phi) is 5.05. The quantitative estimate of drug-likeness (QED) is 0.458. The monoisotopic (exact) mass is 414 g/mol. The number of amides is 1. The zero-order valence-electron chi connectivity index (χ0n) is 17.1. The Morgan fingerprint density at radius 2 is 2.00 bits per heavy atom. The van der Waals surface area contributed by atoms with Gasteiger partial charge in [-0.2, -0.15) is 0 Å². The normalized spacial score (nSPS) is 15.8. The molecule has 1 fully saturated rings. The van der Waals surface area contributed by atoms with Crippen LogP contribution in [0, 0.1) is 0 Å². The van der Waals surface area contributed by atoms with Gasteiger partial charge < -0.3 is 20.7 Å². The summed E-state index contributed by atoms with van der Waals surface area (Å²) in [4.78, 5) is 25.9. The van der Waals surface area contributed by atoms with Crippen molar-refractivity contribution in [2.45, 2.75) is 18.9 Å². The molecule has 3 N–H and O–H groups in total. The molecule has 0 saturated carbocycles. The molecule has 8 heteroatoms. The van der Waals surface area contributed by atoms with Gasteiger partial charge in [-0.25, -0.2) is 9.97 Å². The summed E-state index contributed by atoms with van der Waals surface area (Å²) in [7, 11) is 1.58. The van der Waals surface area contributed by atoms with Gasteiger partial charge in [0.15, 0.2) is 0 Å². The fourth-order valence-electron chi connectivity index (χ4n) is 3.92. The molecule has 0 spiro atoms. The Labute approximate surface area is 179 Å². The van der Waals surface area contributed by atoms with E-state index in [9.17, 15) is 4.79 Å². The average Bonchev–Trinajstić information content (AvgIpc) is 3.34. The van der Waals surface area contributed by atoms with Crippen LogP contribution in [0.2, 0.25) is 0 Å². The van der Waals surface area contributed by atoms with E-state index in [0.29, 0.717) is 22.8 Å². The molecule has 4 aromatic rings. The zero-order chi connectivity index (χ0) is 21.2. The summed E-state index contributed by atoms with van der Waals surface area (Å²) in [6.45, 7) is 0.856. The van der Waals surface area contributed by atoms with Gasteiger partial charge in [0, 0.05) is 28.7 Å². The van der Waals surface area contributed by atoms with Gasteiger partial charge in [-0.1, -0.05) is 6.07 Å². The molecule has 31 heavy (non-hydrogen) atoms. The molecule has 156 valence electrons. The molecule has 1 unspecified atom stereocenters. The van der Waals surface area contributed by atoms with E-state index in [1.54, 1.807) is 13.3 Å². The zero-order valence-corrected chi connectivity index (χ0v) is 17.1. The fourth-order valence-corrected chi connectivity index (χ4v) is 3.92. The number of ether oxygens (including phenoxy) is 1. The second-order valence-corrected chi connectivity index (χ2v) is 7.43. The minimum absolute atomic E-state index is 0.0679. The van der Waals surface area contributed by atoms with E-state index in [4.69, 9.17) is 4.74 Å². The molecular formula is C23H22N6O2. The van der Waals surface area contributed by atoms with E-state index < -0.39 is 0 Å². The Hall–Kier alpha value is -3.78. The second-order valence-electron chi connectivity index (χ2n) is 7.43. The number of carbonyl (C=O) groups is 1. The molecule has 0 aliphatic carbocycles. The summed E-state index contributed by atoms with van der Waals surface area (Å²) in [5.74, 6) is 1.12. The number of nitrogens with zero attached hydrogens (tertiary/aromatic N) is 3. The minimum atomic E-state index is -0.187. The largest absolute Gasteiger partial charge is 0.494 e. The SMILES string of the molecule is COc1cc2ncnc(Nc3cccc4ncccc34)c2cc1NC(=O)C1CCCN1. The van der Waals surface area contributed by atoms with Crippen LogP contribution in [0.25, 0.3) is 21.8 Å². The molecule has 1 atom stereocenters. The minimum Gasteiger partial charge on any atom is -0.494 e. The number of hydrogen-bond acceptors (Lipinski definition) is 7. The first-order chi connectivity index (χ1) is 15.2. The number of anilines is 3. The average molecular weight is 414 g/mol. The molecule has 5 rings (SSSR count). The first kappa shape index (κ1) is 19.2. The lowest BCUT2D eigenvalue weighted by Crippen LogP contribution is -2.35. The summed E-state index contributed by atoms with van der Waals surface area (Å²) < 4.78 is 5.51. The van der Waals surface area contributed by atoms with Crippen molar-refractivity contribution >= 4 is 44.9 Å². The van der Waals surface area contributed by atoms with Gasteiger partial charge >= 0.3 is 0 Å². The highest BCUT2D eigenvalue weighted by molar-refractivity contribution is 6.02. The smallest absolute Gasteiger partial charge is 0.241 e. The van der Waals surface area contributed by atoms with Crippen molar-refractivity contribution in [1.29, 1.82) is 0 Å². The van der Waals surface area contributed by atoms with E-state index in [1.807, 2.05) is 42.5 Å². The van der Waals surface area contributed by atoms with Crippen molar-refractivity contribution in [1.82, 2.24) is 20.3 Å². The maximum Gasteiger partial charge on any atom is 0.241 e. The van der Waals surface area contributed by atoms with Gasteiger partial charge in [-0.3, -0.25) is 9.78 Å². The van der Waals surface area contributed by atoms with E-state index in [0.717, 1.165) is 41.4 Å². The van der Waals surface area contributed by atoms with Crippen molar-refractivity contribution in [3.05, 3.63) is 55.0 Å². The van der Waals surface area contributed by atoms with Crippen LogP contribution in [0.3, 0.4) is 0 Å². The van der Waals surface area contributed by atoms with Crippen LogP contribution in [-0.4, -0.2) is 40.6 Å². The predicted octanol–water partition coefficient (Wildman–Crippen LogP) is 3.62. The fraction of sp³-hybridized carbons (Fsp3) is 0.217. The van der Waals surface area contributed by atoms with Gasteiger partial charge in [0.1, 0.15) is 17.9 Å². The standard InChI is InChI=1S/C23H22N6O2/c1-31-21-12-19-15(11-20(21)29-23(30)18-8-4-10-25-18)22(27-13-26-19)28-17-7-2-6-16-14(17)5-3-9-24-16/h2-3,5-7,9,11-13,18,25H,4,8,10H2,1H3,(H,29,30)(H,26,27,28). The molecular weight excluding hydrogens is 392 g/mol. The Balaban J connectivity index is 1.55. The lowest BCUT2D eigenvalue weighted by molar-refractivity contribution is -0.117. The van der Waals surface area contributed by atoms with Crippen LogP contribution in [-0.2, 0) is 4.79 Å². The number of benzene rings is 2. The van der Waals surface area contributed by atoms with Crippen molar-refractivity contribution in [2.24, 2.45) is 0 Å². The molecule has 1 aliphatic rings. The van der Waals surface area contributed by atoms with Crippen molar-refractivity contribution < 1.29 is 9.53 Å². The van der Waals surface area contributed by atoms with Crippen LogP contribution < -0.4 is 20.7 Å². The predicted molar refractivity (Wildman–Crippen MR) is 121 cm³/mol. The van der Waals surface area contributed by atoms with Crippen LogP contribution in [0.1, 0.15) is 12.8 Å². The summed E-state index contributed by atoms with van der Waals surface area (Å²) in [5.41, 5.74) is 3.09. The maximum atomic E-state index is 12.7. The number of methoxy groups -OCH3 is 1. The highest BCUT2D eigenvalue weighted by atomic mass is 16.5. The van der Waals surface area contributed by atoms with Crippen LogP contribution in [0.4, 0.5) is 17.2 Å². The highest BCUT2D eigenvalue weighted by Crippen LogP contribution is 2.34. The highest BCUT2D eigenvalue weighted by Gasteiger charge is 2.23. The first-order valence-corrected chi connectivity index (χ1v) is 10.2. The maximum absolute atomic E-state index is 12.7. The Bertz CT molecular complexity index is 1260. The Morgan fingerprint density at radius 3 is 2.84 bits per heavy atom. The van der Waals surface area contributed by atoms with E-state index in [-0.39, 0.29) is 11.9 Å². The Morgan fingerprint density at radius 1 is 1.06 bits per heavy atom. The summed E-state index contributed by atoms with van der Waals surface area (Å²) in [6.07, 6.45) is 5.10. The second kappa shape index (κ2) is 8.16. The van der Waals surface area contributed by atoms with Gasteiger partial charge in [0.05, 0.1) is 29.9 Å².